The highest BCUT2D eigenvalue weighted by Gasteiger charge is 2.37. The van der Waals surface area contributed by atoms with Crippen molar-refractivity contribution in [3.05, 3.63) is 65.5 Å². The molecule has 0 spiro atoms. The van der Waals surface area contributed by atoms with Crippen LogP contribution in [0.1, 0.15) is 42.9 Å². The van der Waals surface area contributed by atoms with Crippen LogP contribution in [0.5, 0.6) is 5.75 Å². The summed E-state index contributed by atoms with van der Waals surface area (Å²) in [6.07, 6.45) is 3.38. The van der Waals surface area contributed by atoms with Crippen LogP contribution in [0, 0.1) is 5.82 Å². The molecule has 0 saturated carbocycles. The number of hydrogen-bond acceptors (Lipinski definition) is 3. The van der Waals surface area contributed by atoms with Gasteiger partial charge in [-0.1, -0.05) is 30.3 Å². The van der Waals surface area contributed by atoms with Crippen molar-refractivity contribution < 1.29 is 18.7 Å². The second-order valence-corrected chi connectivity index (χ2v) is 8.16. The molecular formula is C24H29FN2O3. The lowest BCUT2D eigenvalue weighted by molar-refractivity contribution is 0.0499. The van der Waals surface area contributed by atoms with Gasteiger partial charge in [0.2, 0.25) is 0 Å². The van der Waals surface area contributed by atoms with Crippen LogP contribution in [0.4, 0.5) is 9.18 Å². The Morgan fingerprint density at radius 1 is 1.23 bits per heavy atom. The lowest BCUT2D eigenvalue weighted by atomic mass is 9.74. The van der Waals surface area contributed by atoms with Crippen molar-refractivity contribution in [1.29, 1.82) is 0 Å². The van der Waals surface area contributed by atoms with E-state index < -0.39 is 0 Å². The van der Waals surface area contributed by atoms with E-state index in [1.165, 1.54) is 6.07 Å². The number of benzene rings is 2. The minimum atomic E-state index is -0.310. The van der Waals surface area contributed by atoms with Crippen LogP contribution in [0.15, 0.2) is 48.5 Å². The van der Waals surface area contributed by atoms with Crippen molar-refractivity contribution >= 4 is 6.03 Å². The van der Waals surface area contributed by atoms with E-state index >= 15 is 0 Å². The summed E-state index contributed by atoms with van der Waals surface area (Å²) >= 11 is 0. The monoisotopic (exact) mass is 412 g/mol. The number of rotatable bonds is 5. The van der Waals surface area contributed by atoms with Crippen molar-refractivity contribution in [2.45, 2.75) is 37.1 Å². The number of urea groups is 1. The Labute approximate surface area is 177 Å². The number of carbonyl (C=O) groups excluding carboxylic acids is 1. The molecule has 0 bridgehead atoms. The summed E-state index contributed by atoms with van der Waals surface area (Å²) in [6, 6.07) is 14.5. The molecule has 160 valence electrons. The van der Waals surface area contributed by atoms with Gasteiger partial charge in [-0.25, -0.2) is 9.18 Å². The maximum atomic E-state index is 13.9. The van der Waals surface area contributed by atoms with Crippen LogP contribution < -0.4 is 10.1 Å². The van der Waals surface area contributed by atoms with Gasteiger partial charge in [0.1, 0.15) is 11.6 Å². The smallest absolute Gasteiger partial charge is 0.317 e. The van der Waals surface area contributed by atoms with Crippen LogP contribution in [0.2, 0.25) is 0 Å². The summed E-state index contributed by atoms with van der Waals surface area (Å²) in [5, 5.41) is 3.16. The number of para-hydroxylation sites is 1. The molecule has 0 aromatic heterocycles. The quantitative estimate of drug-likeness (QED) is 0.791. The van der Waals surface area contributed by atoms with Gasteiger partial charge in [-0.05, 0) is 49.4 Å². The minimum Gasteiger partial charge on any atom is -0.496 e. The topological polar surface area (TPSA) is 50.8 Å². The number of ether oxygens (including phenoxy) is 2. The average Bonchev–Trinajstić information content (AvgIpc) is 3.28. The Kier molecular flexibility index (Phi) is 6.23. The molecule has 2 saturated heterocycles. The predicted octanol–water partition coefficient (Wildman–Crippen LogP) is 4.43. The van der Waals surface area contributed by atoms with Crippen LogP contribution in [-0.2, 0) is 10.2 Å². The number of methoxy groups -OCH3 is 1. The highest BCUT2D eigenvalue weighted by atomic mass is 19.1. The molecule has 30 heavy (non-hydrogen) atoms. The van der Waals surface area contributed by atoms with Gasteiger partial charge in [-0.3, -0.25) is 0 Å². The number of halogens is 1. The molecule has 0 radical (unpaired) electrons. The van der Waals surface area contributed by atoms with Gasteiger partial charge in [0.25, 0.3) is 0 Å². The highest BCUT2D eigenvalue weighted by molar-refractivity contribution is 5.75. The van der Waals surface area contributed by atoms with Crippen LogP contribution in [0.3, 0.4) is 0 Å². The van der Waals surface area contributed by atoms with Crippen LogP contribution in [-0.4, -0.2) is 44.3 Å². The summed E-state index contributed by atoms with van der Waals surface area (Å²) in [7, 11) is 1.66. The molecule has 2 fully saturated rings. The molecule has 4 rings (SSSR count). The first-order chi connectivity index (χ1) is 14.6. The first kappa shape index (κ1) is 20.7. The number of nitrogens with one attached hydrogen (secondary N) is 1. The van der Waals surface area contributed by atoms with E-state index in [0.29, 0.717) is 26.3 Å². The first-order valence-corrected chi connectivity index (χ1v) is 10.6. The van der Waals surface area contributed by atoms with Gasteiger partial charge in [-0.2, -0.15) is 0 Å². The molecular weight excluding hydrogens is 383 g/mol. The molecule has 2 aliphatic heterocycles. The van der Waals surface area contributed by atoms with Gasteiger partial charge in [-0.15, -0.1) is 0 Å². The van der Waals surface area contributed by atoms with Gasteiger partial charge < -0.3 is 19.7 Å². The number of likely N-dealkylation sites (tertiary alicyclic amines) is 1. The standard InChI is InChI=1S/C24H29FN2O3/c1-29-22-10-3-2-8-20(22)21-9-5-13-27(21)23(28)26-17-24(11-14-30-15-12-24)18-6-4-7-19(25)16-18/h2-4,6-8,10,16,21H,5,9,11-15,17H2,1H3,(H,26,28). The normalized spacial score (nSPS) is 20.7. The lowest BCUT2D eigenvalue weighted by Gasteiger charge is -2.38. The van der Waals surface area contributed by atoms with Gasteiger partial charge >= 0.3 is 6.03 Å². The second kappa shape index (κ2) is 9.04. The van der Waals surface area contributed by atoms with E-state index in [1.54, 1.807) is 19.2 Å². The summed E-state index contributed by atoms with van der Waals surface area (Å²) in [4.78, 5) is 15.1. The fraction of sp³-hybridized carbons (Fsp3) is 0.458. The SMILES string of the molecule is COc1ccccc1C1CCCN1C(=O)NCC1(c2cccc(F)c2)CCOCC1. The fourth-order valence-electron chi connectivity index (χ4n) is 4.77. The van der Waals surface area contributed by atoms with Crippen molar-refractivity contribution in [2.24, 2.45) is 0 Å². The van der Waals surface area contributed by atoms with Crippen molar-refractivity contribution in [2.75, 3.05) is 33.4 Å². The van der Waals surface area contributed by atoms with Crippen molar-refractivity contribution in [3.63, 3.8) is 0 Å². The number of carbonyl (C=O) groups is 1. The van der Waals surface area contributed by atoms with Gasteiger partial charge in [0.05, 0.1) is 13.2 Å². The van der Waals surface area contributed by atoms with E-state index in [0.717, 1.165) is 42.6 Å². The third-order valence-corrected chi connectivity index (χ3v) is 6.48. The number of nitrogens with zero attached hydrogens (tertiary/aromatic N) is 1. The Morgan fingerprint density at radius 3 is 2.80 bits per heavy atom. The molecule has 1 unspecified atom stereocenters. The minimum absolute atomic E-state index is 0.000888. The largest absolute Gasteiger partial charge is 0.496 e. The molecule has 2 heterocycles. The molecule has 2 aromatic carbocycles. The molecule has 0 aliphatic carbocycles. The molecule has 2 aliphatic rings. The van der Waals surface area contributed by atoms with E-state index in [4.69, 9.17) is 9.47 Å². The fourth-order valence-corrected chi connectivity index (χ4v) is 4.77. The van der Waals surface area contributed by atoms with Gasteiger partial charge in [0.15, 0.2) is 0 Å². The molecule has 1 atom stereocenters. The highest BCUT2D eigenvalue weighted by Crippen LogP contribution is 2.38. The van der Waals surface area contributed by atoms with E-state index in [1.807, 2.05) is 35.2 Å². The average molecular weight is 413 g/mol. The second-order valence-electron chi connectivity index (χ2n) is 8.16. The van der Waals surface area contributed by atoms with E-state index in [9.17, 15) is 9.18 Å². The third kappa shape index (κ3) is 4.15. The molecule has 2 aromatic rings. The van der Waals surface area contributed by atoms with E-state index in [-0.39, 0.29) is 23.3 Å². The Balaban J connectivity index is 1.51. The lowest BCUT2D eigenvalue weighted by Crippen LogP contribution is -2.48. The Bertz CT molecular complexity index is 882. The van der Waals surface area contributed by atoms with E-state index in [2.05, 4.69) is 5.32 Å². The zero-order chi connectivity index (χ0) is 21.0. The zero-order valence-electron chi connectivity index (χ0n) is 17.4. The maximum Gasteiger partial charge on any atom is 0.317 e. The number of hydrogen-bond donors (Lipinski definition) is 1. The summed E-state index contributed by atoms with van der Waals surface area (Å²) in [5.74, 6) is 0.559. The first-order valence-electron chi connectivity index (χ1n) is 10.6. The zero-order valence-corrected chi connectivity index (χ0v) is 17.4. The third-order valence-electron chi connectivity index (χ3n) is 6.48. The summed E-state index contributed by atoms with van der Waals surface area (Å²) in [6.45, 7) is 2.40. The van der Waals surface area contributed by atoms with Crippen molar-refractivity contribution in [3.8, 4) is 5.75 Å². The Hall–Kier alpha value is -2.60. The number of amides is 2. The summed E-state index contributed by atoms with van der Waals surface area (Å²) < 4.78 is 25.0. The maximum absolute atomic E-state index is 13.9. The molecule has 6 heteroatoms. The summed E-state index contributed by atoms with van der Waals surface area (Å²) in [5.41, 5.74) is 1.66. The predicted molar refractivity (Wildman–Crippen MR) is 113 cm³/mol. The Morgan fingerprint density at radius 2 is 2.03 bits per heavy atom. The van der Waals surface area contributed by atoms with Crippen molar-refractivity contribution in [1.82, 2.24) is 10.2 Å². The molecule has 5 nitrogen and oxygen atoms in total. The van der Waals surface area contributed by atoms with Crippen LogP contribution >= 0.6 is 0 Å². The molecule has 1 N–H and O–H groups in total. The van der Waals surface area contributed by atoms with Crippen LogP contribution in [0.25, 0.3) is 0 Å². The molecule has 2 amide bonds. The van der Waals surface area contributed by atoms with Gasteiger partial charge in [0, 0.05) is 37.3 Å².